The molecular formula is C9H10F3N3. The molecule has 0 bridgehead atoms. The van der Waals surface area contributed by atoms with Crippen LogP contribution in [0.2, 0.25) is 0 Å². The molecule has 0 amide bonds. The van der Waals surface area contributed by atoms with Crippen LogP contribution in [-0.2, 0) is 13.2 Å². The van der Waals surface area contributed by atoms with E-state index in [1.807, 2.05) is 0 Å². The number of hydrogen-bond donors (Lipinski definition) is 0. The van der Waals surface area contributed by atoms with Gasteiger partial charge in [0.15, 0.2) is 5.65 Å². The van der Waals surface area contributed by atoms with Crippen LogP contribution in [0.1, 0.15) is 13.3 Å². The molecule has 2 rings (SSSR count). The third-order valence-corrected chi connectivity index (χ3v) is 1.88. The van der Waals surface area contributed by atoms with Crippen LogP contribution >= 0.6 is 0 Å². The number of nitrogens with zero attached hydrogens (tertiary/aromatic N) is 3. The van der Waals surface area contributed by atoms with Crippen molar-refractivity contribution in [1.82, 2.24) is 14.5 Å². The lowest BCUT2D eigenvalue weighted by Gasteiger charge is -2.04. The third-order valence-electron chi connectivity index (χ3n) is 1.88. The molecule has 2 aromatic heterocycles. The van der Waals surface area contributed by atoms with Gasteiger partial charge in [0, 0.05) is 13.2 Å². The average Bonchev–Trinajstić information content (AvgIpc) is 2.44. The molecule has 2 heterocycles. The largest absolute Gasteiger partial charge is 0.449 e. The second kappa shape index (κ2) is 3.52. The Bertz CT molecular complexity index is 473. The number of pyridine rings is 1. The summed E-state index contributed by atoms with van der Waals surface area (Å²) in [6.07, 6.45) is -3.00. The topological polar surface area (TPSA) is 30.7 Å². The molecule has 0 radical (unpaired) electrons. The summed E-state index contributed by atoms with van der Waals surface area (Å²) in [7, 11) is 1.30. The van der Waals surface area contributed by atoms with Crippen LogP contribution < -0.4 is 0 Å². The van der Waals surface area contributed by atoms with Crippen LogP contribution in [0, 0.1) is 0 Å². The maximum atomic E-state index is 12.4. The lowest BCUT2D eigenvalue weighted by atomic mass is 10.4. The fraction of sp³-hybridized carbons (Fsp3) is 0.333. The summed E-state index contributed by atoms with van der Waals surface area (Å²) in [6, 6.07) is 3.05. The van der Waals surface area contributed by atoms with Gasteiger partial charge in [0.2, 0.25) is 5.82 Å². The van der Waals surface area contributed by atoms with E-state index in [0.29, 0.717) is 0 Å². The van der Waals surface area contributed by atoms with Crippen LogP contribution in [0.25, 0.3) is 11.2 Å². The molecule has 2 aromatic rings. The summed E-state index contributed by atoms with van der Waals surface area (Å²) in [5.74, 6) is -0.925. The van der Waals surface area contributed by atoms with Crippen molar-refractivity contribution in [1.29, 1.82) is 0 Å². The van der Waals surface area contributed by atoms with E-state index in [4.69, 9.17) is 0 Å². The molecule has 0 aromatic carbocycles. The minimum atomic E-state index is -4.44. The molecule has 0 atom stereocenters. The smallest absolute Gasteiger partial charge is 0.308 e. The fourth-order valence-corrected chi connectivity index (χ4v) is 1.28. The number of aromatic nitrogens is 3. The summed E-state index contributed by atoms with van der Waals surface area (Å²) >= 11 is 0. The summed E-state index contributed by atoms with van der Waals surface area (Å²) in [6.45, 7) is 0. The van der Waals surface area contributed by atoms with E-state index in [0.717, 1.165) is 4.57 Å². The zero-order valence-electron chi connectivity index (χ0n) is 7.21. The van der Waals surface area contributed by atoms with Gasteiger partial charge in [0.25, 0.3) is 0 Å². The number of halogens is 3. The first-order valence-electron chi connectivity index (χ1n) is 3.85. The van der Waals surface area contributed by atoms with Crippen molar-refractivity contribution in [3.8, 4) is 0 Å². The highest BCUT2D eigenvalue weighted by Gasteiger charge is 2.36. The second-order valence-electron chi connectivity index (χ2n) is 2.84. The Balaban J connectivity index is 0.00000112. The van der Waals surface area contributed by atoms with Gasteiger partial charge < -0.3 is 4.57 Å². The van der Waals surface area contributed by atoms with E-state index in [9.17, 15) is 13.2 Å². The van der Waals surface area contributed by atoms with Gasteiger partial charge in [0.1, 0.15) is 5.52 Å². The number of hydrogen-bond acceptors (Lipinski definition) is 2. The summed E-state index contributed by atoms with van der Waals surface area (Å²) in [4.78, 5) is 7.27. The van der Waals surface area contributed by atoms with Gasteiger partial charge in [0.05, 0.1) is 0 Å². The van der Waals surface area contributed by atoms with E-state index < -0.39 is 12.0 Å². The third kappa shape index (κ3) is 1.79. The predicted molar refractivity (Wildman–Crippen MR) is 50.2 cm³/mol. The first kappa shape index (κ1) is 11.5. The molecule has 0 aliphatic rings. The van der Waals surface area contributed by atoms with Crippen LogP contribution in [0.15, 0.2) is 18.3 Å². The molecule has 15 heavy (non-hydrogen) atoms. The maximum absolute atomic E-state index is 12.4. The Kier molecular flexibility index (Phi) is 2.70. The van der Waals surface area contributed by atoms with Gasteiger partial charge in [-0.2, -0.15) is 13.2 Å². The van der Waals surface area contributed by atoms with Crippen LogP contribution in [0.5, 0.6) is 0 Å². The van der Waals surface area contributed by atoms with Gasteiger partial charge in [-0.05, 0) is 12.1 Å². The summed E-state index contributed by atoms with van der Waals surface area (Å²) < 4.78 is 38.1. The second-order valence-corrected chi connectivity index (χ2v) is 2.84. The van der Waals surface area contributed by atoms with Crippen molar-refractivity contribution >= 4 is 11.2 Å². The molecule has 0 aliphatic heterocycles. The first-order chi connectivity index (χ1) is 6.50. The highest BCUT2D eigenvalue weighted by atomic mass is 19.4. The van der Waals surface area contributed by atoms with Crippen LogP contribution in [0.4, 0.5) is 13.2 Å². The molecule has 0 N–H and O–H groups in total. The fourth-order valence-electron chi connectivity index (χ4n) is 1.28. The minimum Gasteiger partial charge on any atom is -0.308 e. The van der Waals surface area contributed by atoms with E-state index in [-0.39, 0.29) is 18.6 Å². The lowest BCUT2D eigenvalue weighted by molar-refractivity contribution is -0.146. The number of rotatable bonds is 0. The number of imidazole rings is 1. The van der Waals surface area contributed by atoms with Crippen molar-refractivity contribution in [2.75, 3.05) is 0 Å². The first-order valence-corrected chi connectivity index (χ1v) is 3.85. The predicted octanol–water partition coefficient (Wildman–Crippen LogP) is 2.62. The molecule has 82 valence electrons. The average molecular weight is 217 g/mol. The Hall–Kier alpha value is -1.59. The normalized spacial score (nSPS) is 11.5. The van der Waals surface area contributed by atoms with Gasteiger partial charge in [-0.1, -0.05) is 7.43 Å². The Morgan fingerprint density at radius 2 is 2.00 bits per heavy atom. The Labute approximate surface area is 84.6 Å². The molecular weight excluding hydrogens is 207 g/mol. The van der Waals surface area contributed by atoms with Crippen molar-refractivity contribution in [3.63, 3.8) is 0 Å². The van der Waals surface area contributed by atoms with E-state index in [2.05, 4.69) is 9.97 Å². The van der Waals surface area contributed by atoms with Crippen LogP contribution in [-0.4, -0.2) is 14.5 Å². The lowest BCUT2D eigenvalue weighted by Crippen LogP contribution is -2.12. The molecule has 0 unspecified atom stereocenters. The summed E-state index contributed by atoms with van der Waals surface area (Å²) in [5.41, 5.74) is 0.488. The Morgan fingerprint density at radius 3 is 2.53 bits per heavy atom. The molecule has 0 saturated heterocycles. The summed E-state index contributed by atoms with van der Waals surface area (Å²) in [5, 5.41) is 0. The standard InChI is InChI=1S/C8H6F3N3.CH4/c1-14-6-5(3-2-4-12-6)13-7(14)8(9,10)11;/h2-4H,1H3;1H4. The molecule has 0 saturated carbocycles. The number of alkyl halides is 3. The zero-order valence-corrected chi connectivity index (χ0v) is 7.21. The van der Waals surface area contributed by atoms with Gasteiger partial charge in [-0.25, -0.2) is 9.97 Å². The van der Waals surface area contributed by atoms with Crippen molar-refractivity contribution < 1.29 is 13.2 Å². The quantitative estimate of drug-likeness (QED) is 0.679. The van der Waals surface area contributed by atoms with Crippen molar-refractivity contribution in [2.45, 2.75) is 13.6 Å². The van der Waals surface area contributed by atoms with Gasteiger partial charge in [-0.15, -0.1) is 0 Å². The van der Waals surface area contributed by atoms with Crippen LogP contribution in [0.3, 0.4) is 0 Å². The van der Waals surface area contributed by atoms with Gasteiger partial charge >= 0.3 is 6.18 Å². The van der Waals surface area contributed by atoms with E-state index >= 15 is 0 Å². The molecule has 3 nitrogen and oxygen atoms in total. The number of fused-ring (bicyclic) bond motifs is 1. The number of aryl methyl sites for hydroxylation is 1. The minimum absolute atomic E-state index is 0. The molecule has 6 heteroatoms. The SMILES string of the molecule is C.Cn1c(C(F)(F)F)nc2cccnc21. The highest BCUT2D eigenvalue weighted by molar-refractivity contribution is 5.71. The molecule has 0 spiro atoms. The zero-order chi connectivity index (χ0) is 10.3. The van der Waals surface area contributed by atoms with Gasteiger partial charge in [-0.3, -0.25) is 0 Å². The Morgan fingerprint density at radius 1 is 1.33 bits per heavy atom. The molecule has 0 fully saturated rings. The van der Waals surface area contributed by atoms with Crippen molar-refractivity contribution in [2.24, 2.45) is 7.05 Å². The van der Waals surface area contributed by atoms with E-state index in [1.165, 1.54) is 19.3 Å². The van der Waals surface area contributed by atoms with E-state index in [1.54, 1.807) is 6.07 Å². The maximum Gasteiger partial charge on any atom is 0.449 e. The monoisotopic (exact) mass is 217 g/mol. The molecule has 0 aliphatic carbocycles. The van der Waals surface area contributed by atoms with Crippen molar-refractivity contribution in [3.05, 3.63) is 24.2 Å². The highest BCUT2D eigenvalue weighted by Crippen LogP contribution is 2.29.